The van der Waals surface area contributed by atoms with Gasteiger partial charge in [0.1, 0.15) is 11.6 Å². The minimum Gasteiger partial charge on any atom is -0.369 e. The molecule has 1 heterocycles. The number of carbonyl (C=O) groups is 1. The lowest BCUT2D eigenvalue weighted by molar-refractivity contribution is -0.117. The Balaban J connectivity index is 1.54. The van der Waals surface area contributed by atoms with Gasteiger partial charge in [-0.15, -0.1) is 0 Å². The molecule has 0 spiro atoms. The third kappa shape index (κ3) is 4.19. The number of hydrogen-bond acceptors (Lipinski definition) is 3. The van der Waals surface area contributed by atoms with Crippen LogP contribution in [0, 0.1) is 25.5 Å². The lowest BCUT2D eigenvalue weighted by Gasteiger charge is -2.36. The number of halogens is 2. The van der Waals surface area contributed by atoms with E-state index < -0.39 is 11.6 Å². The second-order valence-corrected chi connectivity index (χ2v) is 6.65. The van der Waals surface area contributed by atoms with Crippen LogP contribution in [0.2, 0.25) is 0 Å². The van der Waals surface area contributed by atoms with Crippen LogP contribution in [0.3, 0.4) is 0 Å². The summed E-state index contributed by atoms with van der Waals surface area (Å²) >= 11 is 0. The van der Waals surface area contributed by atoms with Crippen molar-refractivity contribution < 1.29 is 13.6 Å². The van der Waals surface area contributed by atoms with E-state index in [-0.39, 0.29) is 18.1 Å². The van der Waals surface area contributed by atoms with Crippen LogP contribution in [0.4, 0.5) is 20.2 Å². The molecule has 2 aromatic rings. The van der Waals surface area contributed by atoms with Crippen molar-refractivity contribution in [2.45, 2.75) is 13.8 Å². The minimum absolute atomic E-state index is 0.121. The molecule has 0 atom stereocenters. The molecule has 0 saturated carbocycles. The van der Waals surface area contributed by atoms with Gasteiger partial charge in [0.2, 0.25) is 5.91 Å². The number of hydrogen-bond donors (Lipinski definition) is 1. The van der Waals surface area contributed by atoms with E-state index in [1.807, 2.05) is 4.90 Å². The highest BCUT2D eigenvalue weighted by molar-refractivity contribution is 5.92. The first kappa shape index (κ1) is 18.3. The second kappa shape index (κ2) is 7.83. The number of nitrogens with one attached hydrogen (secondary N) is 1. The molecule has 1 amide bonds. The molecule has 1 aliphatic heterocycles. The molecule has 4 nitrogen and oxygen atoms in total. The maximum Gasteiger partial charge on any atom is 0.238 e. The van der Waals surface area contributed by atoms with Crippen LogP contribution in [-0.4, -0.2) is 43.5 Å². The summed E-state index contributed by atoms with van der Waals surface area (Å²) in [5.41, 5.74) is 3.65. The molecule has 26 heavy (non-hydrogen) atoms. The van der Waals surface area contributed by atoms with Crippen molar-refractivity contribution in [1.29, 1.82) is 0 Å². The Morgan fingerprint density at radius 1 is 1.08 bits per heavy atom. The monoisotopic (exact) mass is 359 g/mol. The standard InChI is InChI=1S/C20H23F2N3O/c1-14-4-3-5-19(15(14)2)25-10-8-24(9-11-25)13-20(26)23-18-12-16(21)6-7-17(18)22/h3-7,12H,8-11,13H2,1-2H3,(H,23,26). The van der Waals surface area contributed by atoms with E-state index in [2.05, 4.69) is 42.3 Å². The Labute approximate surface area is 152 Å². The number of carbonyl (C=O) groups excluding carboxylic acids is 1. The van der Waals surface area contributed by atoms with Crippen LogP contribution in [-0.2, 0) is 4.79 Å². The van der Waals surface area contributed by atoms with Crippen LogP contribution < -0.4 is 10.2 Å². The Kier molecular flexibility index (Phi) is 5.52. The van der Waals surface area contributed by atoms with Crippen molar-refractivity contribution in [3.05, 3.63) is 59.2 Å². The van der Waals surface area contributed by atoms with Crippen LogP contribution in [0.5, 0.6) is 0 Å². The van der Waals surface area contributed by atoms with Gasteiger partial charge < -0.3 is 10.2 Å². The minimum atomic E-state index is -0.639. The molecule has 1 N–H and O–H groups in total. The largest absolute Gasteiger partial charge is 0.369 e. The van der Waals surface area contributed by atoms with Crippen LogP contribution >= 0.6 is 0 Å². The summed E-state index contributed by atoms with van der Waals surface area (Å²) in [6.45, 7) is 7.52. The molecule has 0 bridgehead atoms. The SMILES string of the molecule is Cc1cccc(N2CCN(CC(=O)Nc3cc(F)ccc3F)CC2)c1C. The third-order valence-corrected chi connectivity index (χ3v) is 4.86. The molecular weight excluding hydrogens is 336 g/mol. The normalized spacial score (nSPS) is 15.2. The number of nitrogens with zero attached hydrogens (tertiary/aromatic N) is 2. The van der Waals surface area contributed by atoms with Gasteiger partial charge in [-0.2, -0.15) is 0 Å². The fourth-order valence-electron chi connectivity index (χ4n) is 3.21. The van der Waals surface area contributed by atoms with E-state index >= 15 is 0 Å². The van der Waals surface area contributed by atoms with Crippen molar-refractivity contribution in [1.82, 2.24) is 4.90 Å². The molecule has 0 radical (unpaired) electrons. The zero-order valence-electron chi connectivity index (χ0n) is 15.1. The fraction of sp³-hybridized carbons (Fsp3) is 0.350. The van der Waals surface area contributed by atoms with Gasteiger partial charge in [0.25, 0.3) is 0 Å². The van der Waals surface area contributed by atoms with E-state index in [4.69, 9.17) is 0 Å². The number of amides is 1. The summed E-state index contributed by atoms with van der Waals surface area (Å²) in [4.78, 5) is 16.5. The highest BCUT2D eigenvalue weighted by atomic mass is 19.1. The van der Waals surface area contributed by atoms with Crippen LogP contribution in [0.15, 0.2) is 36.4 Å². The summed E-state index contributed by atoms with van der Waals surface area (Å²) in [6, 6.07) is 9.31. The Hall–Kier alpha value is -2.47. The molecule has 1 saturated heterocycles. The number of rotatable bonds is 4. The van der Waals surface area contributed by atoms with Crippen LogP contribution in [0.25, 0.3) is 0 Å². The lowest BCUT2D eigenvalue weighted by atomic mass is 10.1. The Morgan fingerprint density at radius 2 is 1.81 bits per heavy atom. The van der Waals surface area contributed by atoms with Crippen molar-refractivity contribution >= 4 is 17.3 Å². The average Bonchev–Trinajstić information content (AvgIpc) is 2.61. The maximum atomic E-state index is 13.6. The van der Waals surface area contributed by atoms with Gasteiger partial charge in [0, 0.05) is 37.9 Å². The first-order chi connectivity index (χ1) is 12.4. The number of aryl methyl sites for hydroxylation is 1. The molecule has 138 valence electrons. The highest BCUT2D eigenvalue weighted by Gasteiger charge is 2.21. The Morgan fingerprint density at radius 3 is 2.54 bits per heavy atom. The summed E-state index contributed by atoms with van der Waals surface area (Å²) in [6.07, 6.45) is 0. The van der Waals surface area contributed by atoms with Gasteiger partial charge in [-0.1, -0.05) is 12.1 Å². The zero-order valence-corrected chi connectivity index (χ0v) is 15.1. The zero-order chi connectivity index (χ0) is 18.7. The predicted molar refractivity (Wildman–Crippen MR) is 99.6 cm³/mol. The lowest BCUT2D eigenvalue weighted by Crippen LogP contribution is -2.48. The average molecular weight is 359 g/mol. The number of piperazine rings is 1. The Bertz CT molecular complexity index is 802. The van der Waals surface area contributed by atoms with Crippen molar-refractivity contribution in [3.8, 4) is 0 Å². The summed E-state index contributed by atoms with van der Waals surface area (Å²) in [5, 5.41) is 2.45. The van der Waals surface area contributed by atoms with E-state index in [1.54, 1.807) is 0 Å². The van der Waals surface area contributed by atoms with Crippen LogP contribution in [0.1, 0.15) is 11.1 Å². The fourth-order valence-corrected chi connectivity index (χ4v) is 3.21. The van der Waals surface area contributed by atoms with Gasteiger partial charge in [0.15, 0.2) is 0 Å². The van der Waals surface area contributed by atoms with Gasteiger partial charge in [-0.05, 0) is 43.2 Å². The van der Waals surface area contributed by atoms with Gasteiger partial charge >= 0.3 is 0 Å². The number of benzene rings is 2. The van der Waals surface area contributed by atoms with Crippen molar-refractivity contribution in [2.24, 2.45) is 0 Å². The van der Waals surface area contributed by atoms with Gasteiger partial charge in [-0.3, -0.25) is 9.69 Å². The highest BCUT2D eigenvalue weighted by Crippen LogP contribution is 2.24. The van der Waals surface area contributed by atoms with E-state index in [0.717, 1.165) is 44.4 Å². The first-order valence-electron chi connectivity index (χ1n) is 8.72. The second-order valence-electron chi connectivity index (χ2n) is 6.65. The summed E-state index contributed by atoms with van der Waals surface area (Å²) in [7, 11) is 0. The number of anilines is 2. The predicted octanol–water partition coefficient (Wildman–Crippen LogP) is 3.34. The molecule has 0 aromatic heterocycles. The molecule has 0 unspecified atom stereocenters. The molecule has 1 fully saturated rings. The van der Waals surface area contributed by atoms with E-state index in [9.17, 15) is 13.6 Å². The van der Waals surface area contributed by atoms with E-state index in [1.165, 1.54) is 16.8 Å². The molecule has 2 aromatic carbocycles. The first-order valence-corrected chi connectivity index (χ1v) is 8.72. The summed E-state index contributed by atoms with van der Waals surface area (Å²) < 4.78 is 26.8. The topological polar surface area (TPSA) is 35.6 Å². The van der Waals surface area contributed by atoms with Gasteiger partial charge in [0.05, 0.1) is 12.2 Å². The van der Waals surface area contributed by atoms with Gasteiger partial charge in [-0.25, -0.2) is 8.78 Å². The molecular formula is C20H23F2N3O. The summed E-state index contributed by atoms with van der Waals surface area (Å²) in [5.74, 6) is -1.56. The molecule has 0 aliphatic carbocycles. The maximum absolute atomic E-state index is 13.6. The molecule has 3 rings (SSSR count). The van der Waals surface area contributed by atoms with E-state index in [0.29, 0.717) is 0 Å². The van der Waals surface area contributed by atoms with Crippen molar-refractivity contribution in [2.75, 3.05) is 42.9 Å². The quantitative estimate of drug-likeness (QED) is 0.909. The van der Waals surface area contributed by atoms with Crippen molar-refractivity contribution in [3.63, 3.8) is 0 Å². The molecule has 1 aliphatic rings. The molecule has 6 heteroatoms. The third-order valence-electron chi connectivity index (χ3n) is 4.86. The smallest absolute Gasteiger partial charge is 0.238 e.